The Hall–Kier alpha value is -2.14. The number of carbonyl (C=O) groups excluding carboxylic acids is 1. The molecule has 1 fully saturated rings. The van der Waals surface area contributed by atoms with Crippen LogP contribution in [0.25, 0.3) is 6.08 Å². The Balaban J connectivity index is 1.70. The molecule has 1 aliphatic carbocycles. The van der Waals surface area contributed by atoms with Crippen LogP contribution >= 0.6 is 0 Å². The lowest BCUT2D eigenvalue weighted by Gasteiger charge is -2.27. The maximum atomic E-state index is 12.4. The highest BCUT2D eigenvalue weighted by molar-refractivity contribution is 5.85. The second-order valence-electron chi connectivity index (χ2n) is 7.07. The summed E-state index contributed by atoms with van der Waals surface area (Å²) < 4.78 is 11.4. The number of rotatable bonds is 10. The molecule has 1 aromatic carbocycles. The van der Waals surface area contributed by atoms with Gasteiger partial charge < -0.3 is 14.6 Å². The smallest absolute Gasteiger partial charge is 0.328 e. The van der Waals surface area contributed by atoms with Crippen LogP contribution in [0, 0.1) is 5.92 Å². The van der Waals surface area contributed by atoms with Crippen LogP contribution in [0.1, 0.15) is 63.9 Å². The van der Waals surface area contributed by atoms with Gasteiger partial charge in [0.05, 0.1) is 12.0 Å². The third-order valence-corrected chi connectivity index (χ3v) is 4.88. The molecule has 0 aromatic heterocycles. The molecule has 0 bridgehead atoms. The van der Waals surface area contributed by atoms with Crippen molar-refractivity contribution in [3.8, 4) is 5.75 Å². The van der Waals surface area contributed by atoms with Gasteiger partial charge in [0.2, 0.25) is 0 Å². The van der Waals surface area contributed by atoms with Crippen molar-refractivity contribution in [1.29, 1.82) is 0 Å². The second kappa shape index (κ2) is 11.5. The lowest BCUT2D eigenvalue weighted by molar-refractivity contribution is -0.141. The Bertz CT molecular complexity index is 612. The van der Waals surface area contributed by atoms with Crippen molar-refractivity contribution in [2.75, 3.05) is 6.61 Å². The zero-order valence-electron chi connectivity index (χ0n) is 16.1. The van der Waals surface area contributed by atoms with E-state index >= 15 is 0 Å². The van der Waals surface area contributed by atoms with E-state index in [1.807, 2.05) is 0 Å². The molecule has 2 rings (SSSR count). The van der Waals surface area contributed by atoms with Gasteiger partial charge in [-0.3, -0.25) is 4.79 Å². The van der Waals surface area contributed by atoms with Gasteiger partial charge in [-0.05, 0) is 55.9 Å². The van der Waals surface area contributed by atoms with Gasteiger partial charge >= 0.3 is 11.9 Å². The SMILES string of the molecule is CCCCCCOC1CCC(C(=O)Oc2ccc(/C=C/C(=O)O)cc2)CC1. The van der Waals surface area contributed by atoms with Gasteiger partial charge in [0.1, 0.15) is 5.75 Å². The Labute approximate surface area is 161 Å². The average molecular weight is 374 g/mol. The zero-order chi connectivity index (χ0) is 19.5. The number of esters is 1. The molecule has 0 spiro atoms. The molecule has 27 heavy (non-hydrogen) atoms. The predicted octanol–water partition coefficient (Wildman–Crippen LogP) is 4.85. The number of ether oxygens (including phenoxy) is 2. The molecule has 0 heterocycles. The number of benzene rings is 1. The predicted molar refractivity (Wildman–Crippen MR) is 105 cm³/mol. The van der Waals surface area contributed by atoms with Crippen molar-refractivity contribution in [1.82, 2.24) is 0 Å². The first-order valence-corrected chi connectivity index (χ1v) is 9.93. The molecule has 0 aliphatic heterocycles. The van der Waals surface area contributed by atoms with Crippen LogP contribution < -0.4 is 4.74 Å². The molecule has 1 saturated carbocycles. The van der Waals surface area contributed by atoms with Gasteiger partial charge in [0.15, 0.2) is 0 Å². The Morgan fingerprint density at radius 1 is 1.07 bits per heavy atom. The summed E-state index contributed by atoms with van der Waals surface area (Å²) >= 11 is 0. The van der Waals surface area contributed by atoms with E-state index in [2.05, 4.69) is 6.92 Å². The summed E-state index contributed by atoms with van der Waals surface area (Å²) in [5.41, 5.74) is 0.744. The normalized spacial score (nSPS) is 19.9. The number of unbranched alkanes of at least 4 members (excludes halogenated alkanes) is 3. The Kier molecular flexibility index (Phi) is 9.05. The summed E-state index contributed by atoms with van der Waals surface area (Å²) in [7, 11) is 0. The van der Waals surface area contributed by atoms with E-state index in [4.69, 9.17) is 14.6 Å². The highest BCUT2D eigenvalue weighted by Crippen LogP contribution is 2.28. The van der Waals surface area contributed by atoms with E-state index in [9.17, 15) is 9.59 Å². The minimum Gasteiger partial charge on any atom is -0.478 e. The van der Waals surface area contributed by atoms with Crippen LogP contribution in [-0.4, -0.2) is 29.8 Å². The summed E-state index contributed by atoms with van der Waals surface area (Å²) in [4.78, 5) is 22.9. The lowest BCUT2D eigenvalue weighted by Crippen LogP contribution is -2.29. The first kappa shape index (κ1) is 21.2. The zero-order valence-corrected chi connectivity index (χ0v) is 16.1. The van der Waals surface area contributed by atoms with Crippen molar-refractivity contribution in [3.05, 3.63) is 35.9 Å². The van der Waals surface area contributed by atoms with Crippen LogP contribution in [0.5, 0.6) is 5.75 Å². The summed E-state index contributed by atoms with van der Waals surface area (Å²) in [5, 5.41) is 8.63. The Morgan fingerprint density at radius 3 is 2.41 bits per heavy atom. The molecule has 0 atom stereocenters. The first-order valence-electron chi connectivity index (χ1n) is 9.93. The number of aliphatic carboxylic acids is 1. The number of carbonyl (C=O) groups is 2. The molecule has 5 nitrogen and oxygen atoms in total. The standard InChI is InChI=1S/C22H30O5/c1-2-3-4-5-16-26-19-13-9-18(10-14-19)22(25)27-20-11-6-17(7-12-20)8-15-21(23)24/h6-8,11-12,15,18-19H,2-5,9-10,13-14,16H2,1H3,(H,23,24)/b15-8+. The van der Waals surface area contributed by atoms with Gasteiger partial charge in [-0.2, -0.15) is 0 Å². The molecular weight excluding hydrogens is 344 g/mol. The fourth-order valence-corrected chi connectivity index (χ4v) is 3.26. The van der Waals surface area contributed by atoms with E-state index in [1.165, 1.54) is 25.3 Å². The number of hydrogen-bond acceptors (Lipinski definition) is 4. The Morgan fingerprint density at radius 2 is 1.78 bits per heavy atom. The van der Waals surface area contributed by atoms with Gasteiger partial charge in [-0.1, -0.05) is 38.3 Å². The third kappa shape index (κ3) is 7.95. The molecular formula is C22H30O5. The maximum absolute atomic E-state index is 12.4. The number of carboxylic acid groups (broad SMARTS) is 1. The molecule has 5 heteroatoms. The van der Waals surface area contributed by atoms with Crippen molar-refractivity contribution >= 4 is 18.0 Å². The summed E-state index contributed by atoms with van der Waals surface area (Å²) in [6.07, 6.45) is 11.1. The van der Waals surface area contributed by atoms with Gasteiger partial charge in [0, 0.05) is 12.7 Å². The minimum absolute atomic E-state index is 0.0727. The van der Waals surface area contributed by atoms with Crippen LogP contribution in [-0.2, 0) is 14.3 Å². The molecule has 0 saturated heterocycles. The van der Waals surface area contributed by atoms with Crippen molar-refractivity contribution < 1.29 is 24.2 Å². The monoisotopic (exact) mass is 374 g/mol. The largest absolute Gasteiger partial charge is 0.478 e. The highest BCUT2D eigenvalue weighted by Gasteiger charge is 2.28. The topological polar surface area (TPSA) is 72.8 Å². The van der Waals surface area contributed by atoms with Crippen molar-refractivity contribution in [2.45, 2.75) is 64.4 Å². The van der Waals surface area contributed by atoms with Gasteiger partial charge in [-0.15, -0.1) is 0 Å². The van der Waals surface area contributed by atoms with E-state index in [0.717, 1.165) is 50.4 Å². The van der Waals surface area contributed by atoms with Crippen molar-refractivity contribution in [3.63, 3.8) is 0 Å². The van der Waals surface area contributed by atoms with Crippen LogP contribution in [0.2, 0.25) is 0 Å². The highest BCUT2D eigenvalue weighted by atomic mass is 16.5. The summed E-state index contributed by atoms with van der Waals surface area (Å²) in [5.74, 6) is -0.769. The number of carboxylic acids is 1. The third-order valence-electron chi connectivity index (χ3n) is 4.88. The van der Waals surface area contributed by atoms with E-state index < -0.39 is 5.97 Å². The minimum atomic E-state index is -0.994. The fraction of sp³-hybridized carbons (Fsp3) is 0.545. The summed E-state index contributed by atoms with van der Waals surface area (Å²) in [6.45, 7) is 3.02. The second-order valence-corrected chi connectivity index (χ2v) is 7.07. The quantitative estimate of drug-likeness (QED) is 0.274. The lowest BCUT2D eigenvalue weighted by atomic mass is 9.87. The molecule has 1 aliphatic rings. The van der Waals surface area contributed by atoms with E-state index in [-0.39, 0.29) is 18.0 Å². The van der Waals surface area contributed by atoms with Crippen LogP contribution in [0.4, 0.5) is 0 Å². The fourth-order valence-electron chi connectivity index (χ4n) is 3.26. The van der Waals surface area contributed by atoms with Gasteiger partial charge in [-0.25, -0.2) is 4.79 Å². The van der Waals surface area contributed by atoms with Crippen LogP contribution in [0.3, 0.4) is 0 Å². The molecule has 0 amide bonds. The maximum Gasteiger partial charge on any atom is 0.328 e. The summed E-state index contributed by atoms with van der Waals surface area (Å²) in [6, 6.07) is 6.83. The van der Waals surface area contributed by atoms with Gasteiger partial charge in [0.25, 0.3) is 0 Å². The number of hydrogen-bond donors (Lipinski definition) is 1. The molecule has 148 valence electrons. The van der Waals surface area contributed by atoms with Crippen molar-refractivity contribution in [2.24, 2.45) is 5.92 Å². The molecule has 1 N–H and O–H groups in total. The first-order chi connectivity index (χ1) is 13.1. The molecule has 0 unspecified atom stereocenters. The molecule has 1 aromatic rings. The molecule has 0 radical (unpaired) electrons. The average Bonchev–Trinajstić information content (AvgIpc) is 2.67. The van der Waals surface area contributed by atoms with E-state index in [1.54, 1.807) is 24.3 Å². The van der Waals surface area contributed by atoms with E-state index in [0.29, 0.717) is 5.75 Å². The van der Waals surface area contributed by atoms with Crippen LogP contribution in [0.15, 0.2) is 30.3 Å².